The van der Waals surface area contributed by atoms with E-state index in [2.05, 4.69) is 20.9 Å². The molecule has 0 radical (unpaired) electrons. The minimum absolute atomic E-state index is 0.0479. The Kier molecular flexibility index (Phi) is 6.13. The number of carbonyl (C=O) groups excluding carboxylic acids is 2. The molecule has 1 aromatic heterocycles. The van der Waals surface area contributed by atoms with E-state index in [1.165, 1.54) is 6.42 Å². The van der Waals surface area contributed by atoms with E-state index in [0.717, 1.165) is 31.4 Å². The summed E-state index contributed by atoms with van der Waals surface area (Å²) in [4.78, 5) is 26.6. The summed E-state index contributed by atoms with van der Waals surface area (Å²) in [6.45, 7) is 2.47. The molecular weight excluding hydrogens is 404 g/mol. The highest BCUT2D eigenvalue weighted by atomic mass is 35.5. The molecule has 8 nitrogen and oxygen atoms in total. The van der Waals surface area contributed by atoms with Crippen molar-refractivity contribution in [3.63, 3.8) is 0 Å². The van der Waals surface area contributed by atoms with Gasteiger partial charge in [0.25, 0.3) is 5.91 Å². The number of rotatable bonds is 5. The molecule has 1 aliphatic heterocycles. The quantitative estimate of drug-likeness (QED) is 0.652. The average Bonchev–Trinajstić information content (AvgIpc) is 3.18. The third-order valence-electron chi connectivity index (χ3n) is 5.12. The van der Waals surface area contributed by atoms with Crippen LogP contribution >= 0.6 is 11.6 Å². The number of fused-ring (bicyclic) bond motifs is 1. The maximum absolute atomic E-state index is 12.7. The Bertz CT molecular complexity index is 1040. The van der Waals surface area contributed by atoms with Gasteiger partial charge in [-0.25, -0.2) is 9.48 Å². The van der Waals surface area contributed by atoms with E-state index in [9.17, 15) is 9.59 Å². The molecule has 9 heteroatoms. The average molecular weight is 427 g/mol. The number of anilines is 1. The van der Waals surface area contributed by atoms with Gasteiger partial charge in [0.2, 0.25) is 0 Å². The zero-order chi connectivity index (χ0) is 20.9. The Morgan fingerprint density at radius 1 is 1.03 bits per heavy atom. The fraction of sp³-hybridized carbons (Fsp3) is 0.333. The van der Waals surface area contributed by atoms with Crippen LogP contribution in [0, 0.1) is 0 Å². The van der Waals surface area contributed by atoms with E-state index >= 15 is 0 Å². The molecule has 2 heterocycles. The van der Waals surface area contributed by atoms with E-state index in [4.69, 9.17) is 11.6 Å². The van der Waals surface area contributed by atoms with Crippen LogP contribution in [0.4, 0.5) is 10.5 Å². The first kappa shape index (κ1) is 20.2. The lowest BCUT2D eigenvalue weighted by molar-refractivity contribution is 0.0724. The maximum Gasteiger partial charge on any atom is 0.319 e. The topological polar surface area (TPSA) is 92.1 Å². The van der Waals surface area contributed by atoms with Crippen LogP contribution in [-0.2, 0) is 6.54 Å². The van der Waals surface area contributed by atoms with Crippen LogP contribution < -0.4 is 10.6 Å². The lowest BCUT2D eigenvalue weighted by atomic mass is 10.1. The Labute approximate surface area is 179 Å². The zero-order valence-corrected chi connectivity index (χ0v) is 17.2. The van der Waals surface area contributed by atoms with E-state index in [-0.39, 0.29) is 11.9 Å². The summed E-state index contributed by atoms with van der Waals surface area (Å²) >= 11 is 5.84. The number of hydrogen-bond donors (Lipinski definition) is 2. The molecule has 0 bridgehead atoms. The van der Waals surface area contributed by atoms with Crippen LogP contribution in [0.25, 0.3) is 11.0 Å². The predicted octanol–water partition coefficient (Wildman–Crippen LogP) is 3.53. The fourth-order valence-corrected chi connectivity index (χ4v) is 3.66. The van der Waals surface area contributed by atoms with E-state index in [0.29, 0.717) is 34.9 Å². The van der Waals surface area contributed by atoms with E-state index in [1.807, 2.05) is 17.0 Å². The number of halogens is 1. The molecule has 0 saturated carbocycles. The van der Waals surface area contributed by atoms with Crippen LogP contribution in [0.15, 0.2) is 42.5 Å². The highest BCUT2D eigenvalue weighted by molar-refractivity contribution is 6.30. The van der Waals surface area contributed by atoms with Crippen molar-refractivity contribution >= 4 is 40.3 Å². The van der Waals surface area contributed by atoms with Gasteiger partial charge in [-0.2, -0.15) is 0 Å². The summed E-state index contributed by atoms with van der Waals surface area (Å²) in [5, 5.41) is 14.5. The Morgan fingerprint density at radius 2 is 1.80 bits per heavy atom. The zero-order valence-electron chi connectivity index (χ0n) is 16.5. The van der Waals surface area contributed by atoms with Crippen molar-refractivity contribution in [3.8, 4) is 0 Å². The lowest BCUT2D eigenvalue weighted by Gasteiger charge is -2.26. The maximum atomic E-state index is 12.7. The van der Waals surface area contributed by atoms with Crippen LogP contribution in [-0.4, -0.2) is 51.5 Å². The lowest BCUT2D eigenvalue weighted by Crippen LogP contribution is -2.35. The van der Waals surface area contributed by atoms with Crippen molar-refractivity contribution in [2.45, 2.75) is 25.8 Å². The Balaban J connectivity index is 1.34. The highest BCUT2D eigenvalue weighted by Gasteiger charge is 2.19. The Hall–Kier alpha value is -3.13. The third kappa shape index (κ3) is 4.71. The van der Waals surface area contributed by atoms with Gasteiger partial charge in [0.1, 0.15) is 5.52 Å². The number of piperidine rings is 1. The summed E-state index contributed by atoms with van der Waals surface area (Å²) in [6.07, 6.45) is 3.30. The molecule has 30 heavy (non-hydrogen) atoms. The number of urea groups is 1. The molecule has 0 atom stereocenters. The molecule has 0 unspecified atom stereocenters. The van der Waals surface area contributed by atoms with Gasteiger partial charge in [-0.3, -0.25) is 4.79 Å². The summed E-state index contributed by atoms with van der Waals surface area (Å²) in [6, 6.07) is 12.0. The number of likely N-dealkylation sites (tertiary alicyclic amines) is 1. The number of nitrogens with zero attached hydrogens (tertiary/aromatic N) is 4. The molecule has 0 spiro atoms. The summed E-state index contributed by atoms with van der Waals surface area (Å²) < 4.78 is 1.72. The summed E-state index contributed by atoms with van der Waals surface area (Å²) in [5.74, 6) is 0.0479. The molecule has 3 amide bonds. The van der Waals surface area contributed by atoms with Crippen molar-refractivity contribution in [3.05, 3.63) is 53.1 Å². The van der Waals surface area contributed by atoms with Gasteiger partial charge in [0.05, 0.1) is 12.1 Å². The SMILES string of the molecule is O=C(NCCn1nnc2cc(C(=O)N3CCCCC3)ccc21)Nc1ccc(Cl)cc1. The molecule has 0 aliphatic carbocycles. The number of hydrogen-bond acceptors (Lipinski definition) is 4. The monoisotopic (exact) mass is 426 g/mol. The second kappa shape index (κ2) is 9.13. The smallest absolute Gasteiger partial charge is 0.319 e. The molecule has 156 valence electrons. The number of benzene rings is 2. The summed E-state index contributed by atoms with van der Waals surface area (Å²) in [7, 11) is 0. The van der Waals surface area contributed by atoms with Crippen LogP contribution in [0.3, 0.4) is 0 Å². The van der Waals surface area contributed by atoms with E-state index < -0.39 is 0 Å². The standard InChI is InChI=1S/C21H23ClN6O2/c22-16-5-7-17(8-6-16)24-21(30)23-10-13-28-19-9-4-15(14-18(19)25-26-28)20(29)27-11-2-1-3-12-27/h4-9,14H,1-3,10-13H2,(H2,23,24,30). The fourth-order valence-electron chi connectivity index (χ4n) is 3.53. The minimum Gasteiger partial charge on any atom is -0.339 e. The molecule has 1 fully saturated rings. The van der Waals surface area contributed by atoms with Gasteiger partial charge >= 0.3 is 6.03 Å². The molecule has 1 saturated heterocycles. The minimum atomic E-state index is -0.309. The second-order valence-corrected chi connectivity index (χ2v) is 7.69. The van der Waals surface area contributed by atoms with E-state index in [1.54, 1.807) is 35.0 Å². The van der Waals surface area contributed by atoms with Crippen LogP contribution in [0.2, 0.25) is 5.02 Å². The van der Waals surface area contributed by atoms with Crippen molar-refractivity contribution in [2.24, 2.45) is 0 Å². The number of amides is 3. The van der Waals surface area contributed by atoms with Gasteiger partial charge in [-0.1, -0.05) is 16.8 Å². The largest absolute Gasteiger partial charge is 0.339 e. The molecule has 4 rings (SSSR count). The van der Waals surface area contributed by atoms with Crippen LogP contribution in [0.5, 0.6) is 0 Å². The van der Waals surface area contributed by atoms with Gasteiger partial charge in [-0.05, 0) is 61.7 Å². The van der Waals surface area contributed by atoms with Gasteiger partial charge in [-0.15, -0.1) is 5.10 Å². The first-order valence-electron chi connectivity index (χ1n) is 10.0. The van der Waals surface area contributed by atoms with Crippen molar-refractivity contribution in [2.75, 3.05) is 25.0 Å². The predicted molar refractivity (Wildman–Crippen MR) is 116 cm³/mol. The third-order valence-corrected chi connectivity index (χ3v) is 5.37. The molecule has 2 N–H and O–H groups in total. The van der Waals surface area contributed by atoms with Crippen LogP contribution in [0.1, 0.15) is 29.6 Å². The van der Waals surface area contributed by atoms with Crippen molar-refractivity contribution in [1.29, 1.82) is 0 Å². The number of carbonyl (C=O) groups is 2. The normalized spacial score (nSPS) is 14.0. The van der Waals surface area contributed by atoms with Gasteiger partial charge < -0.3 is 15.5 Å². The summed E-state index contributed by atoms with van der Waals surface area (Å²) in [5.41, 5.74) is 2.79. The molecular formula is C21H23ClN6O2. The second-order valence-electron chi connectivity index (χ2n) is 7.26. The number of nitrogens with one attached hydrogen (secondary N) is 2. The highest BCUT2D eigenvalue weighted by Crippen LogP contribution is 2.18. The molecule has 1 aliphatic rings. The number of aromatic nitrogens is 3. The molecule has 3 aromatic rings. The van der Waals surface area contributed by atoms with Gasteiger partial charge in [0.15, 0.2) is 0 Å². The molecule has 2 aromatic carbocycles. The Morgan fingerprint density at radius 3 is 2.57 bits per heavy atom. The first-order chi connectivity index (χ1) is 14.6. The first-order valence-corrected chi connectivity index (χ1v) is 10.4. The van der Waals surface area contributed by atoms with Crippen molar-refractivity contribution < 1.29 is 9.59 Å². The van der Waals surface area contributed by atoms with Crippen molar-refractivity contribution in [1.82, 2.24) is 25.2 Å². The van der Waals surface area contributed by atoms with Gasteiger partial charge in [0, 0.05) is 35.9 Å².